The number of amides is 1. The van der Waals surface area contributed by atoms with Gasteiger partial charge in [0.15, 0.2) is 5.78 Å². The molecule has 0 aliphatic heterocycles. The van der Waals surface area contributed by atoms with Crippen molar-refractivity contribution >= 4 is 29.0 Å². The molecule has 2 aromatic carbocycles. The maximum absolute atomic E-state index is 12.5. The first kappa shape index (κ1) is 17.8. The first-order chi connectivity index (χ1) is 12.4. The van der Waals surface area contributed by atoms with Gasteiger partial charge in [0.25, 0.3) is 5.91 Å². The van der Waals surface area contributed by atoms with E-state index < -0.39 is 0 Å². The van der Waals surface area contributed by atoms with Gasteiger partial charge in [0.2, 0.25) is 0 Å². The Hall–Kier alpha value is -2.98. The van der Waals surface area contributed by atoms with E-state index in [0.717, 1.165) is 16.8 Å². The maximum atomic E-state index is 12.5. The van der Waals surface area contributed by atoms with Gasteiger partial charge < -0.3 is 5.32 Å². The molecule has 0 aliphatic carbocycles. The molecular weight excluding hydrogens is 348 g/mol. The number of ketones is 1. The fourth-order valence-electron chi connectivity index (χ4n) is 2.52. The summed E-state index contributed by atoms with van der Waals surface area (Å²) in [6, 6.07) is 15.9. The monoisotopic (exact) mass is 364 g/mol. The molecule has 0 radical (unpaired) electrons. The number of halogens is 1. The van der Waals surface area contributed by atoms with Gasteiger partial charge in [-0.25, -0.2) is 0 Å². The number of benzene rings is 2. The lowest BCUT2D eigenvalue weighted by molar-refractivity contribution is 0.101. The Bertz CT molecular complexity index is 964. The summed E-state index contributed by atoms with van der Waals surface area (Å²) in [6.45, 7) is 3.40. The molecule has 1 aromatic heterocycles. The summed E-state index contributed by atoms with van der Waals surface area (Å²) in [7, 11) is 0. The van der Waals surface area contributed by atoms with Crippen molar-refractivity contribution in [3.63, 3.8) is 0 Å². The van der Waals surface area contributed by atoms with Crippen LogP contribution in [0.25, 0.3) is 11.1 Å². The molecule has 0 bridgehead atoms. The molecule has 4 nitrogen and oxygen atoms in total. The molecule has 0 fully saturated rings. The quantitative estimate of drug-likeness (QED) is 0.650. The molecule has 1 N–H and O–H groups in total. The number of hydrogen-bond acceptors (Lipinski definition) is 3. The molecule has 3 rings (SSSR count). The van der Waals surface area contributed by atoms with E-state index in [2.05, 4.69) is 10.3 Å². The number of carbonyl (C=O) groups is 2. The number of hydrogen-bond donors (Lipinski definition) is 1. The fraction of sp³-hybridized carbons (Fsp3) is 0.0952. The van der Waals surface area contributed by atoms with Crippen molar-refractivity contribution in [2.24, 2.45) is 0 Å². The third-order valence-electron chi connectivity index (χ3n) is 4.00. The van der Waals surface area contributed by atoms with Gasteiger partial charge in [-0.3, -0.25) is 14.6 Å². The van der Waals surface area contributed by atoms with Crippen LogP contribution in [-0.4, -0.2) is 16.7 Å². The van der Waals surface area contributed by atoms with Gasteiger partial charge in [-0.05, 0) is 49.7 Å². The normalized spacial score (nSPS) is 10.4. The Morgan fingerprint density at radius 1 is 0.962 bits per heavy atom. The second kappa shape index (κ2) is 7.50. The number of Topliss-reactive ketones (excluding diaryl/α,β-unsaturated/α-hetero) is 1. The standard InChI is InChI=1S/C21H17ClN2O2/c1-13-3-9-18(12-23-13)24-21(26)17-8-10-20(22)19(11-17)16-6-4-15(5-7-16)14(2)25/h3-12H,1-2H3,(H,24,26). The van der Waals surface area contributed by atoms with Crippen LogP contribution < -0.4 is 5.32 Å². The van der Waals surface area contributed by atoms with Crippen LogP contribution in [-0.2, 0) is 0 Å². The number of nitrogens with one attached hydrogen (secondary N) is 1. The molecule has 0 saturated heterocycles. The molecule has 0 aliphatic rings. The second-order valence-electron chi connectivity index (χ2n) is 5.97. The highest BCUT2D eigenvalue weighted by atomic mass is 35.5. The lowest BCUT2D eigenvalue weighted by atomic mass is 10.0. The van der Waals surface area contributed by atoms with Crippen molar-refractivity contribution in [2.45, 2.75) is 13.8 Å². The average Bonchev–Trinajstić information content (AvgIpc) is 2.64. The van der Waals surface area contributed by atoms with Gasteiger partial charge in [0, 0.05) is 27.4 Å². The third kappa shape index (κ3) is 3.98. The van der Waals surface area contributed by atoms with Crippen LogP contribution in [0.15, 0.2) is 60.8 Å². The Morgan fingerprint density at radius 2 is 1.65 bits per heavy atom. The van der Waals surface area contributed by atoms with E-state index in [0.29, 0.717) is 21.8 Å². The van der Waals surface area contributed by atoms with E-state index >= 15 is 0 Å². The second-order valence-corrected chi connectivity index (χ2v) is 6.38. The van der Waals surface area contributed by atoms with Crippen molar-refractivity contribution in [1.82, 2.24) is 4.98 Å². The van der Waals surface area contributed by atoms with Crippen molar-refractivity contribution in [2.75, 3.05) is 5.32 Å². The van der Waals surface area contributed by atoms with Gasteiger partial charge in [-0.15, -0.1) is 0 Å². The van der Waals surface area contributed by atoms with Crippen LogP contribution in [0, 0.1) is 6.92 Å². The molecule has 1 heterocycles. The first-order valence-corrected chi connectivity index (χ1v) is 8.47. The maximum Gasteiger partial charge on any atom is 0.255 e. The smallest absolute Gasteiger partial charge is 0.255 e. The molecule has 0 atom stereocenters. The minimum atomic E-state index is -0.242. The van der Waals surface area contributed by atoms with E-state index in [9.17, 15) is 9.59 Å². The summed E-state index contributed by atoms with van der Waals surface area (Å²) in [4.78, 5) is 28.1. The number of rotatable bonds is 4. The van der Waals surface area contributed by atoms with Crippen molar-refractivity contribution in [3.8, 4) is 11.1 Å². The zero-order chi connectivity index (χ0) is 18.7. The minimum absolute atomic E-state index is 0.00230. The SMILES string of the molecule is CC(=O)c1ccc(-c2cc(C(=O)Nc3ccc(C)nc3)ccc2Cl)cc1. The molecule has 0 unspecified atom stereocenters. The highest BCUT2D eigenvalue weighted by Crippen LogP contribution is 2.29. The molecular formula is C21H17ClN2O2. The number of nitrogens with zero attached hydrogens (tertiary/aromatic N) is 1. The van der Waals surface area contributed by atoms with E-state index in [1.165, 1.54) is 6.92 Å². The van der Waals surface area contributed by atoms with Crippen molar-refractivity contribution in [1.29, 1.82) is 0 Å². The van der Waals surface area contributed by atoms with Crippen molar-refractivity contribution < 1.29 is 9.59 Å². The summed E-state index contributed by atoms with van der Waals surface area (Å²) in [5.74, 6) is -0.239. The molecule has 130 valence electrons. The number of aryl methyl sites for hydroxylation is 1. The average molecular weight is 365 g/mol. The fourth-order valence-corrected chi connectivity index (χ4v) is 2.74. The van der Waals surface area contributed by atoms with Gasteiger partial charge in [-0.2, -0.15) is 0 Å². The Kier molecular flexibility index (Phi) is 5.14. The largest absolute Gasteiger partial charge is 0.321 e. The van der Waals surface area contributed by atoms with E-state index in [1.807, 2.05) is 25.1 Å². The molecule has 0 saturated carbocycles. The lowest BCUT2D eigenvalue weighted by Gasteiger charge is -2.09. The number of carbonyl (C=O) groups excluding carboxylic acids is 2. The Morgan fingerprint density at radius 3 is 2.27 bits per heavy atom. The molecule has 3 aromatic rings. The topological polar surface area (TPSA) is 59.1 Å². The van der Waals surface area contributed by atoms with Crippen LogP contribution in [0.2, 0.25) is 5.02 Å². The van der Waals surface area contributed by atoms with Crippen LogP contribution in [0.1, 0.15) is 33.3 Å². The lowest BCUT2D eigenvalue weighted by Crippen LogP contribution is -2.12. The summed E-state index contributed by atoms with van der Waals surface area (Å²) < 4.78 is 0. The number of aromatic nitrogens is 1. The highest BCUT2D eigenvalue weighted by Gasteiger charge is 2.11. The highest BCUT2D eigenvalue weighted by molar-refractivity contribution is 6.33. The van der Waals surface area contributed by atoms with Crippen molar-refractivity contribution in [3.05, 3.63) is 82.6 Å². The van der Waals surface area contributed by atoms with Gasteiger partial charge in [-0.1, -0.05) is 35.9 Å². The summed E-state index contributed by atoms with van der Waals surface area (Å²) in [5.41, 5.74) is 4.20. The minimum Gasteiger partial charge on any atom is -0.321 e. The van der Waals surface area contributed by atoms with Crippen LogP contribution in [0.4, 0.5) is 5.69 Å². The summed E-state index contributed by atoms with van der Waals surface area (Å²) in [6.07, 6.45) is 1.62. The zero-order valence-electron chi connectivity index (χ0n) is 14.4. The van der Waals surface area contributed by atoms with Crippen LogP contribution >= 0.6 is 11.6 Å². The van der Waals surface area contributed by atoms with Gasteiger partial charge >= 0.3 is 0 Å². The third-order valence-corrected chi connectivity index (χ3v) is 4.33. The zero-order valence-corrected chi connectivity index (χ0v) is 15.2. The Labute approximate surface area is 156 Å². The molecule has 0 spiro atoms. The van der Waals surface area contributed by atoms with E-state index in [4.69, 9.17) is 11.6 Å². The van der Waals surface area contributed by atoms with Crippen LogP contribution in [0.5, 0.6) is 0 Å². The molecule has 26 heavy (non-hydrogen) atoms. The molecule has 5 heteroatoms. The number of pyridine rings is 1. The van der Waals surface area contributed by atoms with E-state index in [1.54, 1.807) is 42.6 Å². The van der Waals surface area contributed by atoms with Gasteiger partial charge in [0.1, 0.15) is 0 Å². The molecule has 1 amide bonds. The first-order valence-electron chi connectivity index (χ1n) is 8.09. The summed E-state index contributed by atoms with van der Waals surface area (Å²) >= 11 is 6.31. The predicted molar refractivity (Wildman–Crippen MR) is 104 cm³/mol. The summed E-state index contributed by atoms with van der Waals surface area (Å²) in [5, 5.41) is 3.35. The van der Waals surface area contributed by atoms with Crippen LogP contribution in [0.3, 0.4) is 0 Å². The number of anilines is 1. The predicted octanol–water partition coefficient (Wildman–Crippen LogP) is 5.17. The van der Waals surface area contributed by atoms with E-state index in [-0.39, 0.29) is 11.7 Å². The Balaban J connectivity index is 1.88. The van der Waals surface area contributed by atoms with Gasteiger partial charge in [0.05, 0.1) is 11.9 Å².